The summed E-state index contributed by atoms with van der Waals surface area (Å²) in [6, 6.07) is 0. The van der Waals surface area contributed by atoms with E-state index < -0.39 is 11.4 Å². The Hall–Kier alpha value is -1.43. The van der Waals surface area contributed by atoms with Crippen molar-refractivity contribution in [2.24, 2.45) is 5.41 Å². The molecule has 0 aromatic carbocycles. The van der Waals surface area contributed by atoms with Crippen molar-refractivity contribution < 1.29 is 14.4 Å². The Labute approximate surface area is 104 Å². The molecule has 1 heterocycles. The molecule has 0 spiro atoms. The van der Waals surface area contributed by atoms with Gasteiger partial charge in [-0.3, -0.25) is 4.79 Å². The molecule has 17 heavy (non-hydrogen) atoms. The number of rotatable bonds is 6. The molecule has 1 aromatic heterocycles. The van der Waals surface area contributed by atoms with Crippen LogP contribution in [0.4, 0.5) is 0 Å². The molecule has 0 bridgehead atoms. The van der Waals surface area contributed by atoms with Gasteiger partial charge in [-0.1, -0.05) is 6.92 Å². The maximum atomic E-state index is 11.9. The fourth-order valence-electron chi connectivity index (χ4n) is 1.83. The lowest BCUT2D eigenvalue weighted by molar-refractivity contribution is -0.165. The molecule has 0 saturated carbocycles. The Balaban J connectivity index is 2.86. The molecule has 1 atom stereocenters. The van der Waals surface area contributed by atoms with Crippen molar-refractivity contribution in [2.45, 2.75) is 33.1 Å². The second kappa shape index (κ2) is 5.77. The first-order valence-electron chi connectivity index (χ1n) is 5.32. The van der Waals surface area contributed by atoms with Crippen molar-refractivity contribution in [3.8, 4) is 0 Å². The molecule has 0 aliphatic carbocycles. The van der Waals surface area contributed by atoms with Crippen LogP contribution in [-0.4, -0.2) is 17.4 Å². The summed E-state index contributed by atoms with van der Waals surface area (Å²) < 4.78 is 0. The topological polar surface area (TPSA) is 68.3 Å². The lowest BCUT2D eigenvalue weighted by Crippen LogP contribution is -2.36. The number of nitrogens with zero attached hydrogens (tertiary/aromatic N) is 1. The fraction of sp³-hybridized carbons (Fsp3) is 0.545. The number of hydrogen-bond acceptors (Lipinski definition) is 5. The lowest BCUT2D eigenvalue weighted by Gasteiger charge is -2.29. The van der Waals surface area contributed by atoms with Crippen molar-refractivity contribution in [1.29, 1.82) is 0 Å². The SMILES string of the molecule is CCC(c1cscn1)C(C)(C)C(=O)ONC=O. The lowest BCUT2D eigenvalue weighted by atomic mass is 9.76. The van der Waals surface area contributed by atoms with E-state index in [-0.39, 0.29) is 5.92 Å². The van der Waals surface area contributed by atoms with E-state index in [0.29, 0.717) is 6.41 Å². The molecule has 6 heteroatoms. The molecule has 1 rings (SSSR count). The van der Waals surface area contributed by atoms with Crippen LogP contribution in [0.2, 0.25) is 0 Å². The Morgan fingerprint density at radius 3 is 2.88 bits per heavy atom. The summed E-state index contributed by atoms with van der Waals surface area (Å²) in [6.45, 7) is 5.57. The van der Waals surface area contributed by atoms with Crippen LogP contribution in [0.5, 0.6) is 0 Å². The van der Waals surface area contributed by atoms with Crippen LogP contribution in [0.25, 0.3) is 0 Å². The summed E-state index contributed by atoms with van der Waals surface area (Å²) in [4.78, 5) is 30.8. The first kappa shape index (κ1) is 13.6. The third kappa shape index (κ3) is 3.03. The summed E-state index contributed by atoms with van der Waals surface area (Å²) in [5.41, 5.74) is 3.81. The van der Waals surface area contributed by atoms with Gasteiger partial charge in [-0.25, -0.2) is 9.78 Å². The van der Waals surface area contributed by atoms with Gasteiger partial charge in [0.2, 0.25) is 6.41 Å². The number of amides is 1. The van der Waals surface area contributed by atoms with Gasteiger partial charge in [0.25, 0.3) is 0 Å². The molecule has 5 nitrogen and oxygen atoms in total. The van der Waals surface area contributed by atoms with E-state index >= 15 is 0 Å². The van der Waals surface area contributed by atoms with E-state index in [4.69, 9.17) is 0 Å². The summed E-state index contributed by atoms with van der Waals surface area (Å²) in [6.07, 6.45) is 1.10. The zero-order valence-electron chi connectivity index (χ0n) is 10.1. The molecule has 94 valence electrons. The molecule has 0 aliphatic heterocycles. The van der Waals surface area contributed by atoms with Crippen LogP contribution in [0.15, 0.2) is 10.9 Å². The number of thiazole rings is 1. The molecule has 0 saturated heterocycles. The number of hydrogen-bond donors (Lipinski definition) is 1. The van der Waals surface area contributed by atoms with Gasteiger partial charge < -0.3 is 4.84 Å². The fourth-order valence-corrected chi connectivity index (χ4v) is 2.44. The first-order valence-corrected chi connectivity index (χ1v) is 6.26. The molecular formula is C11H16N2O3S. The zero-order valence-corrected chi connectivity index (χ0v) is 10.9. The quantitative estimate of drug-likeness (QED) is 0.623. The van der Waals surface area contributed by atoms with Gasteiger partial charge in [0, 0.05) is 11.3 Å². The summed E-state index contributed by atoms with van der Waals surface area (Å²) in [5, 5.41) is 1.93. The van der Waals surface area contributed by atoms with Crippen molar-refractivity contribution >= 4 is 23.7 Å². The Morgan fingerprint density at radius 1 is 1.71 bits per heavy atom. The highest BCUT2D eigenvalue weighted by Crippen LogP contribution is 2.38. The van der Waals surface area contributed by atoms with Crippen molar-refractivity contribution in [3.63, 3.8) is 0 Å². The summed E-state index contributed by atoms with van der Waals surface area (Å²) in [7, 11) is 0. The minimum absolute atomic E-state index is 0.0327. The average Bonchev–Trinajstić information content (AvgIpc) is 2.79. The zero-order chi connectivity index (χ0) is 12.9. The molecule has 1 unspecified atom stereocenters. The van der Waals surface area contributed by atoms with Gasteiger partial charge >= 0.3 is 5.97 Å². The highest BCUT2D eigenvalue weighted by atomic mass is 32.1. The Kier molecular flexibility index (Phi) is 4.62. The van der Waals surface area contributed by atoms with Crippen molar-refractivity contribution in [3.05, 3.63) is 16.6 Å². The highest BCUT2D eigenvalue weighted by Gasteiger charge is 2.39. The van der Waals surface area contributed by atoms with Gasteiger partial charge in [-0.15, -0.1) is 11.3 Å². The normalized spacial score (nSPS) is 12.9. The van der Waals surface area contributed by atoms with Crippen LogP contribution in [-0.2, 0) is 14.4 Å². The first-order chi connectivity index (χ1) is 8.04. The van der Waals surface area contributed by atoms with Gasteiger partial charge in [-0.05, 0) is 20.3 Å². The molecule has 1 N–H and O–H groups in total. The molecular weight excluding hydrogens is 240 g/mol. The van der Waals surface area contributed by atoms with Crippen LogP contribution in [0.1, 0.15) is 38.8 Å². The van der Waals surface area contributed by atoms with Crippen LogP contribution in [0.3, 0.4) is 0 Å². The molecule has 0 aliphatic rings. The maximum Gasteiger partial charge on any atom is 0.338 e. The van der Waals surface area contributed by atoms with E-state index in [9.17, 15) is 9.59 Å². The minimum Gasteiger partial charge on any atom is -0.340 e. The van der Waals surface area contributed by atoms with Crippen LogP contribution >= 0.6 is 11.3 Å². The van der Waals surface area contributed by atoms with E-state index in [2.05, 4.69) is 9.82 Å². The average molecular weight is 256 g/mol. The van der Waals surface area contributed by atoms with Gasteiger partial charge in [0.1, 0.15) is 0 Å². The number of hydroxylamine groups is 1. The molecule has 1 amide bonds. The van der Waals surface area contributed by atoms with Crippen LogP contribution in [0, 0.1) is 5.41 Å². The largest absolute Gasteiger partial charge is 0.340 e. The van der Waals surface area contributed by atoms with Crippen molar-refractivity contribution in [1.82, 2.24) is 10.5 Å². The van der Waals surface area contributed by atoms with Crippen LogP contribution < -0.4 is 5.48 Å². The summed E-state index contributed by atoms with van der Waals surface area (Å²) >= 11 is 1.49. The molecule has 0 fully saturated rings. The number of nitrogens with one attached hydrogen (secondary N) is 1. The number of carbonyl (C=O) groups is 2. The second-order valence-corrected chi connectivity index (χ2v) is 4.94. The minimum atomic E-state index is -0.737. The monoisotopic (exact) mass is 256 g/mol. The number of carbonyl (C=O) groups excluding carboxylic acids is 2. The van der Waals surface area contributed by atoms with Gasteiger partial charge in [0.05, 0.1) is 16.6 Å². The van der Waals surface area contributed by atoms with E-state index in [1.165, 1.54) is 11.3 Å². The second-order valence-electron chi connectivity index (χ2n) is 4.22. The van der Waals surface area contributed by atoms with E-state index in [1.54, 1.807) is 19.4 Å². The molecule has 1 aromatic rings. The third-order valence-corrected chi connectivity index (χ3v) is 3.42. The van der Waals surface area contributed by atoms with Gasteiger partial charge in [-0.2, -0.15) is 5.48 Å². The Morgan fingerprint density at radius 2 is 2.41 bits per heavy atom. The highest BCUT2D eigenvalue weighted by molar-refractivity contribution is 7.07. The van der Waals surface area contributed by atoms with E-state index in [1.807, 2.05) is 17.8 Å². The van der Waals surface area contributed by atoms with Gasteiger partial charge in [0.15, 0.2) is 0 Å². The summed E-state index contributed by atoms with van der Waals surface area (Å²) in [5.74, 6) is -0.501. The standard InChI is InChI=1S/C11H16N2O3S/c1-4-8(9-5-17-7-12-9)11(2,3)10(15)16-13-6-14/h5-8H,4H2,1-3H3,(H,13,14). The molecule has 0 radical (unpaired) electrons. The Bertz CT molecular complexity index is 376. The number of aromatic nitrogens is 1. The predicted molar refractivity (Wildman–Crippen MR) is 64.2 cm³/mol. The van der Waals surface area contributed by atoms with Crippen molar-refractivity contribution in [2.75, 3.05) is 0 Å². The smallest absolute Gasteiger partial charge is 0.338 e. The predicted octanol–water partition coefficient (Wildman–Crippen LogP) is 1.87. The third-order valence-electron chi connectivity index (χ3n) is 2.81. The maximum absolute atomic E-state index is 11.9. The van der Waals surface area contributed by atoms with E-state index in [0.717, 1.165) is 12.1 Å².